The first-order valence-corrected chi connectivity index (χ1v) is 8.26. The summed E-state index contributed by atoms with van der Waals surface area (Å²) in [7, 11) is 0. The number of hydrogen-bond donors (Lipinski definition) is 0. The number of nitrogens with zero attached hydrogens (tertiary/aromatic N) is 2. The molecule has 0 N–H and O–H groups in total. The van der Waals surface area contributed by atoms with Crippen LogP contribution in [0.25, 0.3) is 0 Å². The van der Waals surface area contributed by atoms with Gasteiger partial charge < -0.3 is 4.84 Å². The molecule has 0 atom stereocenters. The fraction of sp³-hybridized carbons (Fsp3) is 0.467. The van der Waals surface area contributed by atoms with Crippen molar-refractivity contribution in [2.24, 2.45) is 5.16 Å². The van der Waals surface area contributed by atoms with Crippen molar-refractivity contribution in [3.05, 3.63) is 27.2 Å². The Morgan fingerprint density at radius 2 is 1.82 bits per heavy atom. The predicted molar refractivity (Wildman–Crippen MR) is 93.5 cm³/mol. The first-order chi connectivity index (χ1) is 10.5. The summed E-state index contributed by atoms with van der Waals surface area (Å²) in [5.41, 5.74) is 2.34. The van der Waals surface area contributed by atoms with Gasteiger partial charge in [-0.25, -0.2) is 0 Å². The van der Waals surface area contributed by atoms with Gasteiger partial charge in [-0.3, -0.25) is 9.69 Å². The van der Waals surface area contributed by atoms with E-state index in [-0.39, 0.29) is 18.5 Å². The van der Waals surface area contributed by atoms with Crippen LogP contribution in [-0.4, -0.2) is 24.7 Å². The van der Waals surface area contributed by atoms with Crippen molar-refractivity contribution in [1.82, 2.24) is 0 Å². The van der Waals surface area contributed by atoms with Crippen molar-refractivity contribution in [3.63, 3.8) is 0 Å². The smallest absolute Gasteiger partial charge is 0.244 e. The van der Waals surface area contributed by atoms with Crippen LogP contribution in [0, 0.1) is 0 Å². The second kappa shape index (κ2) is 9.23. The van der Waals surface area contributed by atoms with Crippen molar-refractivity contribution in [2.45, 2.75) is 33.6 Å². The molecule has 0 bridgehead atoms. The van der Waals surface area contributed by atoms with Crippen LogP contribution >= 0.6 is 34.8 Å². The summed E-state index contributed by atoms with van der Waals surface area (Å²) in [5.74, 6) is -0.467. The van der Waals surface area contributed by atoms with E-state index in [1.807, 2.05) is 13.8 Å². The van der Waals surface area contributed by atoms with Gasteiger partial charge in [-0.15, -0.1) is 11.6 Å². The Morgan fingerprint density at radius 3 is 2.23 bits per heavy atom. The van der Waals surface area contributed by atoms with Crippen molar-refractivity contribution in [3.8, 4) is 0 Å². The van der Waals surface area contributed by atoms with Crippen LogP contribution in [-0.2, 0) is 22.5 Å². The van der Waals surface area contributed by atoms with Crippen LogP contribution < -0.4 is 4.90 Å². The molecule has 122 valence electrons. The van der Waals surface area contributed by atoms with Gasteiger partial charge in [0.2, 0.25) is 5.91 Å². The summed E-state index contributed by atoms with van der Waals surface area (Å²) >= 11 is 18.3. The molecule has 1 aromatic rings. The van der Waals surface area contributed by atoms with E-state index in [2.05, 4.69) is 5.16 Å². The maximum Gasteiger partial charge on any atom is 0.244 e. The highest BCUT2D eigenvalue weighted by atomic mass is 35.5. The zero-order valence-corrected chi connectivity index (χ0v) is 15.1. The lowest BCUT2D eigenvalue weighted by atomic mass is 10.0. The number of halogens is 3. The van der Waals surface area contributed by atoms with Crippen molar-refractivity contribution < 1.29 is 9.63 Å². The third-order valence-electron chi connectivity index (χ3n) is 3.16. The molecule has 1 rings (SSSR count). The molecule has 0 saturated heterocycles. The molecule has 0 unspecified atom stereocenters. The second-order valence-corrected chi connectivity index (χ2v) is 5.51. The quantitative estimate of drug-likeness (QED) is 0.305. The van der Waals surface area contributed by atoms with Crippen LogP contribution in [0.15, 0.2) is 11.2 Å². The molecule has 1 aromatic carbocycles. The van der Waals surface area contributed by atoms with E-state index in [4.69, 9.17) is 39.6 Å². The SMILES string of the molecule is C/C=N/OCN(C(=O)CCl)c1c(CC)c(Cl)cc(Cl)c1CC. The molecule has 4 nitrogen and oxygen atoms in total. The van der Waals surface area contributed by atoms with E-state index in [1.54, 1.807) is 13.0 Å². The number of rotatable bonds is 7. The molecule has 0 aliphatic carbocycles. The summed E-state index contributed by atoms with van der Waals surface area (Å²) in [5, 5.41) is 4.72. The van der Waals surface area contributed by atoms with Crippen molar-refractivity contribution >= 4 is 52.6 Å². The number of oxime groups is 1. The first kappa shape index (κ1) is 19.1. The van der Waals surface area contributed by atoms with Gasteiger partial charge in [0.15, 0.2) is 6.73 Å². The maximum atomic E-state index is 12.2. The average Bonchev–Trinajstić information content (AvgIpc) is 2.50. The highest BCUT2D eigenvalue weighted by Gasteiger charge is 2.24. The molecule has 0 aliphatic heterocycles. The van der Waals surface area contributed by atoms with Gasteiger partial charge in [-0.05, 0) is 37.0 Å². The lowest BCUT2D eigenvalue weighted by Gasteiger charge is -2.27. The number of hydrogen-bond acceptors (Lipinski definition) is 3. The summed E-state index contributed by atoms with van der Waals surface area (Å²) in [6, 6.07) is 1.71. The Bertz CT molecular complexity index is 534. The number of anilines is 1. The molecular formula is C15H19Cl3N2O2. The molecule has 22 heavy (non-hydrogen) atoms. The number of carbonyl (C=O) groups excluding carboxylic acids is 1. The third kappa shape index (κ3) is 4.28. The van der Waals surface area contributed by atoms with Gasteiger partial charge in [-0.2, -0.15) is 0 Å². The van der Waals surface area contributed by atoms with Crippen LogP contribution in [0.5, 0.6) is 0 Å². The monoisotopic (exact) mass is 364 g/mol. The Morgan fingerprint density at radius 1 is 1.27 bits per heavy atom. The Labute approximate surface area is 146 Å². The lowest BCUT2D eigenvalue weighted by molar-refractivity contribution is -0.117. The van der Waals surface area contributed by atoms with Gasteiger partial charge in [0.1, 0.15) is 5.88 Å². The van der Waals surface area contributed by atoms with Crippen LogP contribution in [0.2, 0.25) is 10.0 Å². The average molecular weight is 366 g/mol. The maximum absolute atomic E-state index is 12.2. The zero-order chi connectivity index (χ0) is 16.7. The molecule has 0 heterocycles. The summed E-state index contributed by atoms with van der Waals surface area (Å²) < 4.78 is 0. The largest absolute Gasteiger partial charge is 0.374 e. The van der Waals surface area contributed by atoms with Gasteiger partial charge in [0, 0.05) is 16.3 Å². The fourth-order valence-electron chi connectivity index (χ4n) is 2.19. The first-order valence-electron chi connectivity index (χ1n) is 6.97. The molecule has 0 aliphatic rings. The van der Waals surface area contributed by atoms with E-state index >= 15 is 0 Å². The summed E-state index contributed by atoms with van der Waals surface area (Å²) in [4.78, 5) is 18.8. The van der Waals surface area contributed by atoms with Gasteiger partial charge in [-0.1, -0.05) is 42.2 Å². The van der Waals surface area contributed by atoms with E-state index in [9.17, 15) is 4.79 Å². The normalized spacial score (nSPS) is 11.0. The molecule has 0 spiro atoms. The topological polar surface area (TPSA) is 41.9 Å². The molecule has 0 radical (unpaired) electrons. The third-order valence-corrected chi connectivity index (χ3v) is 4.06. The zero-order valence-electron chi connectivity index (χ0n) is 12.8. The van der Waals surface area contributed by atoms with E-state index in [1.165, 1.54) is 11.1 Å². The highest BCUT2D eigenvalue weighted by molar-refractivity contribution is 6.36. The number of amides is 1. The molecule has 0 fully saturated rings. The Balaban J connectivity index is 3.46. The number of benzene rings is 1. The minimum Gasteiger partial charge on any atom is -0.374 e. The minimum absolute atomic E-state index is 0.0490. The standard InChI is InChI=1S/C15H19Cl3N2O2/c1-4-10-12(17)7-13(18)11(5-2)15(10)20(14(21)8-16)9-22-19-6-3/h6-7H,4-5,8-9H2,1-3H3/b19-6+. The molecule has 1 amide bonds. The van der Waals surface area contributed by atoms with Gasteiger partial charge in [0.05, 0.1) is 5.69 Å². The molecule has 0 saturated carbocycles. The Hall–Kier alpha value is -0.970. The fourth-order valence-corrected chi connectivity index (χ4v) is 3.06. The number of alkyl halides is 1. The molecule has 0 aromatic heterocycles. The van der Waals surface area contributed by atoms with E-state index in [0.29, 0.717) is 28.6 Å². The summed E-state index contributed by atoms with van der Waals surface area (Å²) in [6.45, 7) is 5.60. The highest BCUT2D eigenvalue weighted by Crippen LogP contribution is 2.37. The number of carbonyl (C=O) groups is 1. The van der Waals surface area contributed by atoms with E-state index in [0.717, 1.165) is 11.1 Å². The lowest BCUT2D eigenvalue weighted by Crippen LogP contribution is -2.35. The van der Waals surface area contributed by atoms with E-state index < -0.39 is 0 Å². The van der Waals surface area contributed by atoms with Gasteiger partial charge in [0.25, 0.3) is 0 Å². The predicted octanol–water partition coefficient (Wildman–Crippen LogP) is 4.67. The minimum atomic E-state index is -0.296. The second-order valence-electron chi connectivity index (χ2n) is 4.43. The van der Waals surface area contributed by atoms with Crippen LogP contribution in [0.1, 0.15) is 31.9 Å². The Kier molecular flexibility index (Phi) is 8.01. The molecular weight excluding hydrogens is 347 g/mol. The summed E-state index contributed by atoms with van der Waals surface area (Å²) in [6.07, 6.45) is 2.80. The van der Waals surface area contributed by atoms with Crippen LogP contribution in [0.3, 0.4) is 0 Å². The van der Waals surface area contributed by atoms with Crippen molar-refractivity contribution in [1.29, 1.82) is 0 Å². The van der Waals surface area contributed by atoms with Crippen LogP contribution in [0.4, 0.5) is 5.69 Å². The van der Waals surface area contributed by atoms with Crippen molar-refractivity contribution in [2.75, 3.05) is 17.5 Å². The molecule has 7 heteroatoms. The van der Waals surface area contributed by atoms with Gasteiger partial charge >= 0.3 is 0 Å².